The molecule has 5 heteroatoms. The van der Waals surface area contributed by atoms with Crippen LogP contribution in [0.15, 0.2) is 18.7 Å². The number of amides is 1. The summed E-state index contributed by atoms with van der Waals surface area (Å²) in [5.41, 5.74) is 0.392. The van der Waals surface area contributed by atoms with Crippen molar-refractivity contribution in [3.8, 4) is 0 Å². The van der Waals surface area contributed by atoms with Gasteiger partial charge in [-0.25, -0.2) is 14.8 Å². The molecule has 1 amide bonds. The largest absolute Gasteiger partial charge is 0.465 e. The van der Waals surface area contributed by atoms with Crippen molar-refractivity contribution < 1.29 is 9.90 Å². The first kappa shape index (κ1) is 10.9. The maximum Gasteiger partial charge on any atom is 0.408 e. The fourth-order valence-electron chi connectivity index (χ4n) is 2.30. The molecule has 0 aromatic carbocycles. The van der Waals surface area contributed by atoms with Gasteiger partial charge in [0, 0.05) is 24.5 Å². The van der Waals surface area contributed by atoms with Gasteiger partial charge in [-0.1, -0.05) is 0 Å². The summed E-state index contributed by atoms with van der Waals surface area (Å²) in [6.45, 7) is 2.53. The Hall–Kier alpha value is -1.65. The lowest BCUT2D eigenvalue weighted by atomic mass is 9.84. The molecule has 0 spiro atoms. The van der Waals surface area contributed by atoms with E-state index < -0.39 is 11.6 Å². The lowest BCUT2D eigenvalue weighted by molar-refractivity contribution is 0.0555. The molecule has 1 aromatic heterocycles. The Morgan fingerprint density at radius 1 is 1.44 bits per heavy atom. The summed E-state index contributed by atoms with van der Waals surface area (Å²) in [6.07, 6.45) is 6.78. The van der Waals surface area contributed by atoms with E-state index in [2.05, 4.69) is 9.97 Å². The monoisotopic (exact) mass is 221 g/mol. The second kappa shape index (κ2) is 4.08. The number of piperidine rings is 1. The number of carboxylic acid groups (broad SMARTS) is 1. The Morgan fingerprint density at radius 3 is 2.75 bits per heavy atom. The number of likely N-dealkylation sites (tertiary alicyclic amines) is 1. The Labute approximate surface area is 94.1 Å². The summed E-state index contributed by atoms with van der Waals surface area (Å²) in [7, 11) is 0. The lowest BCUT2D eigenvalue weighted by Crippen LogP contribution is -2.50. The number of carbonyl (C=O) groups is 1. The van der Waals surface area contributed by atoms with Crippen LogP contribution in [-0.2, 0) is 5.54 Å². The quantitative estimate of drug-likeness (QED) is 0.786. The number of nitrogens with zero attached hydrogens (tertiary/aromatic N) is 3. The molecule has 0 bridgehead atoms. The summed E-state index contributed by atoms with van der Waals surface area (Å²) in [4.78, 5) is 20.7. The summed E-state index contributed by atoms with van der Waals surface area (Å²) in [6, 6.07) is 0. The third-order valence-corrected chi connectivity index (χ3v) is 3.30. The van der Waals surface area contributed by atoms with Gasteiger partial charge in [0.25, 0.3) is 0 Å². The van der Waals surface area contributed by atoms with Crippen LogP contribution in [0.3, 0.4) is 0 Å². The lowest BCUT2D eigenvalue weighted by Gasteiger charge is -2.43. The summed E-state index contributed by atoms with van der Waals surface area (Å²) < 4.78 is 0. The molecule has 0 radical (unpaired) electrons. The molecule has 2 heterocycles. The van der Waals surface area contributed by atoms with Crippen molar-refractivity contribution in [2.24, 2.45) is 0 Å². The van der Waals surface area contributed by atoms with Gasteiger partial charge in [0.1, 0.15) is 6.33 Å². The molecule has 2 rings (SSSR count). The predicted molar refractivity (Wildman–Crippen MR) is 58.0 cm³/mol. The van der Waals surface area contributed by atoms with Crippen molar-refractivity contribution in [1.82, 2.24) is 14.9 Å². The van der Waals surface area contributed by atoms with Crippen LogP contribution in [0.4, 0.5) is 4.79 Å². The van der Waals surface area contributed by atoms with Gasteiger partial charge in [0.05, 0.1) is 5.54 Å². The average Bonchev–Trinajstić information content (AvgIpc) is 2.30. The molecule has 86 valence electrons. The van der Waals surface area contributed by atoms with Gasteiger partial charge in [-0.15, -0.1) is 0 Å². The second-order valence-corrected chi connectivity index (χ2v) is 4.29. The van der Waals surface area contributed by atoms with Crippen molar-refractivity contribution in [2.45, 2.75) is 31.7 Å². The van der Waals surface area contributed by atoms with Crippen LogP contribution in [0, 0.1) is 0 Å². The highest BCUT2D eigenvalue weighted by Gasteiger charge is 2.39. The summed E-state index contributed by atoms with van der Waals surface area (Å²) in [5, 5.41) is 9.22. The van der Waals surface area contributed by atoms with Crippen molar-refractivity contribution in [2.75, 3.05) is 6.54 Å². The molecular formula is C11H15N3O2. The maximum absolute atomic E-state index is 11.2. The van der Waals surface area contributed by atoms with Crippen molar-refractivity contribution in [3.05, 3.63) is 24.3 Å². The Morgan fingerprint density at radius 2 is 2.12 bits per heavy atom. The maximum atomic E-state index is 11.2. The van der Waals surface area contributed by atoms with Gasteiger partial charge in [-0.2, -0.15) is 0 Å². The molecule has 1 atom stereocenters. The zero-order valence-electron chi connectivity index (χ0n) is 9.26. The smallest absolute Gasteiger partial charge is 0.408 e. The van der Waals surface area contributed by atoms with E-state index in [0.717, 1.165) is 24.8 Å². The van der Waals surface area contributed by atoms with Crippen LogP contribution < -0.4 is 0 Å². The van der Waals surface area contributed by atoms with E-state index in [-0.39, 0.29) is 0 Å². The van der Waals surface area contributed by atoms with Crippen molar-refractivity contribution >= 4 is 6.09 Å². The first-order valence-corrected chi connectivity index (χ1v) is 5.40. The minimum absolute atomic E-state index is 0.481. The van der Waals surface area contributed by atoms with Gasteiger partial charge in [0.2, 0.25) is 0 Å². The molecule has 1 aliphatic rings. The van der Waals surface area contributed by atoms with E-state index in [1.807, 2.05) is 6.92 Å². The van der Waals surface area contributed by atoms with Crippen molar-refractivity contribution in [3.63, 3.8) is 0 Å². The molecule has 5 nitrogen and oxygen atoms in total. The standard InChI is InChI=1S/C11H15N3O2/c1-11(9-6-12-8-13-7-9)4-2-3-5-14(11)10(15)16/h6-8H,2-5H2,1H3,(H,15,16). The molecule has 1 unspecified atom stereocenters. The van der Waals surface area contributed by atoms with Gasteiger partial charge in [-0.05, 0) is 26.2 Å². The first-order chi connectivity index (χ1) is 7.64. The number of aromatic nitrogens is 2. The molecule has 16 heavy (non-hydrogen) atoms. The van der Waals surface area contributed by atoms with Gasteiger partial charge in [-0.3, -0.25) is 4.90 Å². The summed E-state index contributed by atoms with van der Waals surface area (Å²) in [5.74, 6) is 0. The van der Waals surface area contributed by atoms with Crippen LogP contribution in [0.25, 0.3) is 0 Å². The zero-order chi connectivity index (χ0) is 11.6. The highest BCUT2D eigenvalue weighted by molar-refractivity contribution is 5.66. The normalized spacial score (nSPS) is 25.4. The van der Waals surface area contributed by atoms with Crippen LogP contribution >= 0.6 is 0 Å². The number of rotatable bonds is 1. The molecule has 1 saturated heterocycles. The Kier molecular flexibility index (Phi) is 2.77. The van der Waals surface area contributed by atoms with Gasteiger partial charge in [0.15, 0.2) is 0 Å². The molecular weight excluding hydrogens is 206 g/mol. The van der Waals surface area contributed by atoms with E-state index in [0.29, 0.717) is 6.54 Å². The Balaban J connectivity index is 2.37. The fourth-order valence-corrected chi connectivity index (χ4v) is 2.30. The molecule has 0 saturated carbocycles. The Bertz CT molecular complexity index is 382. The highest BCUT2D eigenvalue weighted by Crippen LogP contribution is 2.36. The highest BCUT2D eigenvalue weighted by atomic mass is 16.4. The van der Waals surface area contributed by atoms with E-state index in [4.69, 9.17) is 0 Å². The molecule has 1 fully saturated rings. The van der Waals surface area contributed by atoms with Crippen LogP contribution in [-0.4, -0.2) is 32.6 Å². The summed E-state index contributed by atoms with van der Waals surface area (Å²) >= 11 is 0. The minimum Gasteiger partial charge on any atom is -0.465 e. The van der Waals surface area contributed by atoms with Crippen LogP contribution in [0.2, 0.25) is 0 Å². The van der Waals surface area contributed by atoms with Gasteiger partial charge < -0.3 is 5.11 Å². The minimum atomic E-state index is -0.869. The van der Waals surface area contributed by atoms with E-state index in [9.17, 15) is 9.90 Å². The average molecular weight is 221 g/mol. The number of hydrogen-bond donors (Lipinski definition) is 1. The third-order valence-electron chi connectivity index (χ3n) is 3.30. The first-order valence-electron chi connectivity index (χ1n) is 5.40. The van der Waals surface area contributed by atoms with E-state index >= 15 is 0 Å². The van der Waals surface area contributed by atoms with E-state index in [1.165, 1.54) is 11.2 Å². The molecule has 1 aliphatic heterocycles. The fraction of sp³-hybridized carbons (Fsp3) is 0.545. The number of hydrogen-bond acceptors (Lipinski definition) is 3. The van der Waals surface area contributed by atoms with Crippen molar-refractivity contribution in [1.29, 1.82) is 0 Å². The van der Waals surface area contributed by atoms with Gasteiger partial charge >= 0.3 is 6.09 Å². The SMILES string of the molecule is CC1(c2cncnc2)CCCCN1C(=O)O. The zero-order valence-corrected chi connectivity index (χ0v) is 9.26. The topological polar surface area (TPSA) is 66.3 Å². The second-order valence-electron chi connectivity index (χ2n) is 4.29. The van der Waals surface area contributed by atoms with E-state index in [1.54, 1.807) is 12.4 Å². The third kappa shape index (κ3) is 1.73. The van der Waals surface area contributed by atoms with Crippen LogP contribution in [0.5, 0.6) is 0 Å². The molecule has 1 aromatic rings. The molecule has 1 N–H and O–H groups in total. The van der Waals surface area contributed by atoms with Crippen LogP contribution in [0.1, 0.15) is 31.7 Å². The molecule has 0 aliphatic carbocycles. The predicted octanol–water partition coefficient (Wildman–Crippen LogP) is 1.86.